The van der Waals surface area contributed by atoms with Crippen molar-refractivity contribution in [1.29, 1.82) is 0 Å². The van der Waals surface area contributed by atoms with Gasteiger partial charge in [0.1, 0.15) is 5.75 Å². The van der Waals surface area contributed by atoms with Gasteiger partial charge in [-0.15, -0.1) is 0 Å². The van der Waals surface area contributed by atoms with Gasteiger partial charge in [0, 0.05) is 5.02 Å². The van der Waals surface area contributed by atoms with Crippen molar-refractivity contribution in [3.8, 4) is 5.75 Å². The third-order valence-electron chi connectivity index (χ3n) is 2.71. The van der Waals surface area contributed by atoms with E-state index < -0.39 is 0 Å². The molecule has 0 aliphatic carbocycles. The van der Waals surface area contributed by atoms with E-state index >= 15 is 0 Å². The van der Waals surface area contributed by atoms with Crippen molar-refractivity contribution < 1.29 is 4.74 Å². The van der Waals surface area contributed by atoms with Gasteiger partial charge in [-0.1, -0.05) is 43.5 Å². The Hall–Kier alpha value is -0.440. The summed E-state index contributed by atoms with van der Waals surface area (Å²) in [6, 6.07) is 3.57. The Morgan fingerprint density at radius 2 is 2.06 bits per heavy atom. The van der Waals surface area contributed by atoms with Crippen molar-refractivity contribution in [2.45, 2.75) is 26.7 Å². The van der Waals surface area contributed by atoms with Crippen LogP contribution in [0.15, 0.2) is 12.1 Å². The van der Waals surface area contributed by atoms with Crippen molar-refractivity contribution >= 4 is 23.2 Å². The first kappa shape index (κ1) is 14.6. The highest BCUT2D eigenvalue weighted by molar-refractivity contribution is 6.35. The maximum absolute atomic E-state index is 6.15. The van der Waals surface area contributed by atoms with Gasteiger partial charge in [0.05, 0.1) is 11.6 Å². The molecule has 1 unspecified atom stereocenters. The standard InChI is InChI=1S/C13H19Cl2NO/c1-3-9(2)8-17-13-10(4-5-16)6-11(14)7-12(13)15/h6-7,9H,3-5,8,16H2,1-2H3. The fourth-order valence-electron chi connectivity index (χ4n) is 1.46. The molecule has 0 spiro atoms. The van der Waals surface area contributed by atoms with Crippen LogP contribution in [0.5, 0.6) is 5.75 Å². The second kappa shape index (κ2) is 7.10. The predicted molar refractivity (Wildman–Crippen MR) is 74.2 cm³/mol. The average Bonchev–Trinajstić information content (AvgIpc) is 2.27. The zero-order valence-corrected chi connectivity index (χ0v) is 11.8. The van der Waals surface area contributed by atoms with Gasteiger partial charge >= 0.3 is 0 Å². The quantitative estimate of drug-likeness (QED) is 0.854. The highest BCUT2D eigenvalue weighted by Crippen LogP contribution is 2.33. The second-order valence-electron chi connectivity index (χ2n) is 4.24. The smallest absolute Gasteiger partial charge is 0.141 e. The molecule has 0 amide bonds. The maximum Gasteiger partial charge on any atom is 0.141 e. The van der Waals surface area contributed by atoms with E-state index in [2.05, 4.69) is 13.8 Å². The number of hydrogen-bond acceptors (Lipinski definition) is 2. The molecule has 0 fully saturated rings. The molecule has 0 saturated carbocycles. The summed E-state index contributed by atoms with van der Waals surface area (Å²) >= 11 is 12.1. The molecular formula is C13H19Cl2NO. The normalized spacial score (nSPS) is 12.5. The Bertz CT molecular complexity index is 369. The third-order valence-corrected chi connectivity index (χ3v) is 3.21. The van der Waals surface area contributed by atoms with Crippen LogP contribution in [-0.2, 0) is 6.42 Å². The number of ether oxygens (including phenoxy) is 1. The summed E-state index contributed by atoms with van der Waals surface area (Å²) in [6.45, 7) is 5.50. The molecule has 1 rings (SSSR count). The largest absolute Gasteiger partial charge is 0.491 e. The highest BCUT2D eigenvalue weighted by atomic mass is 35.5. The SMILES string of the molecule is CCC(C)COc1c(Cl)cc(Cl)cc1CCN. The molecular weight excluding hydrogens is 257 g/mol. The zero-order chi connectivity index (χ0) is 12.8. The zero-order valence-electron chi connectivity index (χ0n) is 10.3. The summed E-state index contributed by atoms with van der Waals surface area (Å²) in [4.78, 5) is 0. The molecule has 17 heavy (non-hydrogen) atoms. The first-order chi connectivity index (χ1) is 8.08. The monoisotopic (exact) mass is 275 g/mol. The van der Waals surface area contributed by atoms with Crippen LogP contribution in [0.1, 0.15) is 25.8 Å². The van der Waals surface area contributed by atoms with Gasteiger partial charge < -0.3 is 10.5 Å². The van der Waals surface area contributed by atoms with Crippen LogP contribution < -0.4 is 10.5 Å². The summed E-state index contributed by atoms with van der Waals surface area (Å²) in [5, 5.41) is 1.18. The van der Waals surface area contributed by atoms with Gasteiger partial charge in [0.15, 0.2) is 0 Å². The van der Waals surface area contributed by atoms with Crippen LogP contribution in [-0.4, -0.2) is 13.2 Å². The molecule has 4 heteroatoms. The topological polar surface area (TPSA) is 35.2 Å². The summed E-state index contributed by atoms with van der Waals surface area (Å²) in [6.07, 6.45) is 1.80. The number of hydrogen-bond donors (Lipinski definition) is 1. The second-order valence-corrected chi connectivity index (χ2v) is 5.08. The van der Waals surface area contributed by atoms with Crippen LogP contribution in [0.2, 0.25) is 10.0 Å². The average molecular weight is 276 g/mol. The predicted octanol–water partition coefficient (Wildman–Crippen LogP) is 3.92. The Morgan fingerprint density at radius 3 is 2.65 bits per heavy atom. The molecule has 1 aromatic rings. The van der Waals surface area contributed by atoms with E-state index in [9.17, 15) is 0 Å². The van der Waals surface area contributed by atoms with Gasteiger partial charge in [-0.3, -0.25) is 0 Å². The first-order valence-electron chi connectivity index (χ1n) is 5.89. The van der Waals surface area contributed by atoms with Crippen LogP contribution >= 0.6 is 23.2 Å². The van der Waals surface area contributed by atoms with Gasteiger partial charge in [-0.25, -0.2) is 0 Å². The van der Waals surface area contributed by atoms with E-state index in [4.69, 9.17) is 33.7 Å². The number of rotatable bonds is 6. The van der Waals surface area contributed by atoms with Crippen LogP contribution in [0.25, 0.3) is 0 Å². The minimum atomic E-state index is 0.507. The Balaban J connectivity index is 2.87. The van der Waals surface area contributed by atoms with Crippen LogP contribution in [0, 0.1) is 5.92 Å². The summed E-state index contributed by atoms with van der Waals surface area (Å²) in [7, 11) is 0. The molecule has 1 aromatic carbocycles. The molecule has 96 valence electrons. The molecule has 0 saturated heterocycles. The van der Waals surface area contributed by atoms with E-state index in [1.165, 1.54) is 0 Å². The summed E-state index contributed by atoms with van der Waals surface area (Å²) in [5.41, 5.74) is 6.55. The van der Waals surface area contributed by atoms with E-state index in [0.29, 0.717) is 29.1 Å². The first-order valence-corrected chi connectivity index (χ1v) is 6.64. The van der Waals surface area contributed by atoms with Crippen molar-refractivity contribution in [1.82, 2.24) is 0 Å². The lowest BCUT2D eigenvalue weighted by Crippen LogP contribution is -2.10. The fourth-order valence-corrected chi connectivity index (χ4v) is 2.05. The van der Waals surface area contributed by atoms with Crippen LogP contribution in [0.4, 0.5) is 0 Å². The minimum absolute atomic E-state index is 0.507. The molecule has 0 radical (unpaired) electrons. The van der Waals surface area contributed by atoms with E-state index in [-0.39, 0.29) is 0 Å². The van der Waals surface area contributed by atoms with Gasteiger partial charge in [0.2, 0.25) is 0 Å². The molecule has 2 N–H and O–H groups in total. The molecule has 0 aliphatic rings. The number of benzene rings is 1. The Labute approximate surface area is 113 Å². The van der Waals surface area contributed by atoms with Gasteiger partial charge in [0.25, 0.3) is 0 Å². The highest BCUT2D eigenvalue weighted by Gasteiger charge is 2.11. The van der Waals surface area contributed by atoms with Gasteiger partial charge in [-0.05, 0) is 36.6 Å². The van der Waals surface area contributed by atoms with Crippen molar-refractivity contribution in [2.75, 3.05) is 13.2 Å². The fraction of sp³-hybridized carbons (Fsp3) is 0.538. The molecule has 0 bridgehead atoms. The van der Waals surface area contributed by atoms with Gasteiger partial charge in [-0.2, -0.15) is 0 Å². The van der Waals surface area contributed by atoms with Crippen molar-refractivity contribution in [2.24, 2.45) is 11.7 Å². The molecule has 0 aliphatic heterocycles. The molecule has 0 aromatic heterocycles. The lowest BCUT2D eigenvalue weighted by atomic mass is 10.1. The van der Waals surface area contributed by atoms with Crippen molar-refractivity contribution in [3.63, 3.8) is 0 Å². The maximum atomic E-state index is 6.15. The molecule has 1 atom stereocenters. The van der Waals surface area contributed by atoms with E-state index in [0.717, 1.165) is 24.2 Å². The molecule has 0 heterocycles. The number of nitrogens with two attached hydrogens (primary N) is 1. The summed E-state index contributed by atoms with van der Waals surface area (Å²) < 4.78 is 5.78. The van der Waals surface area contributed by atoms with E-state index in [1.54, 1.807) is 6.07 Å². The lowest BCUT2D eigenvalue weighted by molar-refractivity contribution is 0.254. The summed E-state index contributed by atoms with van der Waals surface area (Å²) in [5.74, 6) is 1.23. The lowest BCUT2D eigenvalue weighted by Gasteiger charge is -2.16. The molecule has 2 nitrogen and oxygen atoms in total. The van der Waals surface area contributed by atoms with E-state index in [1.807, 2.05) is 6.07 Å². The Kier molecular flexibility index (Phi) is 6.10. The minimum Gasteiger partial charge on any atom is -0.491 e. The Morgan fingerprint density at radius 1 is 1.35 bits per heavy atom. The number of halogens is 2. The third kappa shape index (κ3) is 4.38. The van der Waals surface area contributed by atoms with Crippen molar-refractivity contribution in [3.05, 3.63) is 27.7 Å². The van der Waals surface area contributed by atoms with Crippen LogP contribution in [0.3, 0.4) is 0 Å².